The van der Waals surface area contributed by atoms with Crippen molar-refractivity contribution in [2.24, 2.45) is 5.92 Å². The second-order valence-corrected chi connectivity index (χ2v) is 5.22. The van der Waals surface area contributed by atoms with Crippen molar-refractivity contribution in [1.82, 2.24) is 5.32 Å². The van der Waals surface area contributed by atoms with Gasteiger partial charge in [0.2, 0.25) is 0 Å². The maximum absolute atomic E-state index is 12.3. The van der Waals surface area contributed by atoms with E-state index in [1.54, 1.807) is 25.3 Å². The first kappa shape index (κ1) is 15.6. The van der Waals surface area contributed by atoms with Gasteiger partial charge in [-0.05, 0) is 25.0 Å². The topological polar surface area (TPSA) is 88.0 Å². The Kier molecular flexibility index (Phi) is 5.03. The molecule has 1 aliphatic carbocycles. The second-order valence-electron chi connectivity index (χ2n) is 5.22. The highest BCUT2D eigenvalue weighted by Gasteiger charge is 2.33. The molecule has 6 nitrogen and oxygen atoms in total. The number of hydrogen-bond donors (Lipinski definition) is 3. The number of benzene rings is 1. The summed E-state index contributed by atoms with van der Waals surface area (Å²) in [5.74, 6) is 0.613. The molecule has 3 atom stereocenters. The zero-order chi connectivity index (χ0) is 15.4. The average Bonchev–Trinajstić information content (AvgIpc) is 2.85. The highest BCUT2D eigenvalue weighted by molar-refractivity contribution is 5.97. The molecule has 1 saturated carbocycles. The first-order valence-electron chi connectivity index (χ1n) is 6.90. The third-order valence-corrected chi connectivity index (χ3v) is 3.88. The summed E-state index contributed by atoms with van der Waals surface area (Å²) < 4.78 is 10.3. The number of hydrogen-bond acceptors (Lipinski definition) is 5. The van der Waals surface area contributed by atoms with Crippen LogP contribution in [0, 0.1) is 5.92 Å². The minimum atomic E-state index is -0.571. The van der Waals surface area contributed by atoms with E-state index in [4.69, 9.17) is 14.6 Å². The molecule has 3 N–H and O–H groups in total. The van der Waals surface area contributed by atoms with E-state index >= 15 is 0 Å². The smallest absolute Gasteiger partial charge is 0.255 e. The first-order chi connectivity index (χ1) is 10.1. The molecule has 0 heterocycles. The lowest BCUT2D eigenvalue weighted by Gasteiger charge is -2.15. The summed E-state index contributed by atoms with van der Waals surface area (Å²) >= 11 is 0. The van der Waals surface area contributed by atoms with Gasteiger partial charge in [0, 0.05) is 24.6 Å². The van der Waals surface area contributed by atoms with Crippen molar-refractivity contribution in [2.45, 2.75) is 25.0 Å². The Labute approximate surface area is 123 Å². The van der Waals surface area contributed by atoms with E-state index in [1.165, 1.54) is 7.11 Å². The van der Waals surface area contributed by atoms with Gasteiger partial charge >= 0.3 is 0 Å². The van der Waals surface area contributed by atoms with Crippen LogP contribution in [-0.2, 0) is 0 Å². The number of nitrogens with one attached hydrogen (secondary N) is 1. The van der Waals surface area contributed by atoms with Gasteiger partial charge in [0.1, 0.15) is 11.5 Å². The number of aliphatic hydroxyl groups is 2. The second kappa shape index (κ2) is 6.78. The van der Waals surface area contributed by atoms with Gasteiger partial charge in [-0.3, -0.25) is 4.79 Å². The third-order valence-electron chi connectivity index (χ3n) is 3.88. The van der Waals surface area contributed by atoms with Crippen molar-refractivity contribution in [3.05, 3.63) is 23.8 Å². The van der Waals surface area contributed by atoms with Gasteiger partial charge in [0.15, 0.2) is 0 Å². The van der Waals surface area contributed by atoms with Gasteiger partial charge in [0.25, 0.3) is 5.91 Å². The molecule has 0 aromatic heterocycles. The van der Waals surface area contributed by atoms with Gasteiger partial charge in [-0.15, -0.1) is 0 Å². The van der Waals surface area contributed by atoms with Gasteiger partial charge in [-0.2, -0.15) is 0 Å². The number of amides is 1. The first-order valence-corrected chi connectivity index (χ1v) is 6.90. The predicted molar refractivity (Wildman–Crippen MR) is 76.6 cm³/mol. The molecule has 0 saturated heterocycles. The number of ether oxygens (including phenoxy) is 2. The summed E-state index contributed by atoms with van der Waals surface area (Å²) in [5.41, 5.74) is 0.417. The van der Waals surface area contributed by atoms with E-state index in [9.17, 15) is 9.90 Å². The van der Waals surface area contributed by atoms with Crippen LogP contribution in [0.3, 0.4) is 0 Å². The van der Waals surface area contributed by atoms with Crippen molar-refractivity contribution < 1.29 is 24.5 Å². The zero-order valence-corrected chi connectivity index (χ0v) is 12.2. The van der Waals surface area contributed by atoms with Gasteiger partial charge in [0.05, 0.1) is 25.9 Å². The molecule has 0 spiro atoms. The normalized spacial score (nSPS) is 24.7. The summed E-state index contributed by atoms with van der Waals surface area (Å²) in [6.45, 7) is -0.0700. The van der Waals surface area contributed by atoms with Crippen LogP contribution >= 0.6 is 0 Å². The maximum Gasteiger partial charge on any atom is 0.255 e. The molecule has 2 rings (SSSR count). The Bertz CT molecular complexity index is 505. The van der Waals surface area contributed by atoms with Crippen LogP contribution in [0.1, 0.15) is 23.2 Å². The summed E-state index contributed by atoms with van der Waals surface area (Å²) in [7, 11) is 3.04. The number of carbonyl (C=O) groups excluding carboxylic acids is 1. The van der Waals surface area contributed by atoms with Crippen LogP contribution in [0.2, 0.25) is 0 Å². The zero-order valence-electron chi connectivity index (χ0n) is 12.2. The molecule has 21 heavy (non-hydrogen) atoms. The third kappa shape index (κ3) is 3.46. The molecular weight excluding hydrogens is 274 g/mol. The average molecular weight is 295 g/mol. The lowest BCUT2D eigenvalue weighted by atomic mass is 10.1. The van der Waals surface area contributed by atoms with E-state index in [0.29, 0.717) is 29.9 Å². The standard InChI is InChI=1S/C15H21NO5/c1-20-11-3-4-12(14(7-11)21-2)15(19)16-10-5-9(8-17)13(18)6-10/h3-4,7,9-10,13,17-18H,5-6,8H2,1-2H3,(H,16,19). The fourth-order valence-corrected chi connectivity index (χ4v) is 2.67. The van der Waals surface area contributed by atoms with Crippen LogP contribution in [0.4, 0.5) is 0 Å². The van der Waals surface area contributed by atoms with Gasteiger partial charge in [-0.1, -0.05) is 0 Å². The Morgan fingerprint density at radius 3 is 2.67 bits per heavy atom. The van der Waals surface area contributed by atoms with Crippen molar-refractivity contribution >= 4 is 5.91 Å². The van der Waals surface area contributed by atoms with Crippen LogP contribution in [0.5, 0.6) is 11.5 Å². The van der Waals surface area contributed by atoms with Crippen molar-refractivity contribution in [2.75, 3.05) is 20.8 Å². The molecule has 0 aliphatic heterocycles. The Morgan fingerprint density at radius 2 is 2.10 bits per heavy atom. The SMILES string of the molecule is COc1ccc(C(=O)NC2CC(O)C(CO)C2)c(OC)c1. The van der Waals surface area contributed by atoms with Crippen molar-refractivity contribution in [3.63, 3.8) is 0 Å². The van der Waals surface area contributed by atoms with Crippen molar-refractivity contribution in [3.8, 4) is 11.5 Å². The molecule has 6 heteroatoms. The molecule has 1 aromatic carbocycles. The van der Waals surface area contributed by atoms with E-state index in [-0.39, 0.29) is 24.5 Å². The highest BCUT2D eigenvalue weighted by Crippen LogP contribution is 2.28. The van der Waals surface area contributed by atoms with Crippen LogP contribution in [0.15, 0.2) is 18.2 Å². The van der Waals surface area contributed by atoms with Gasteiger partial charge < -0.3 is 25.0 Å². The van der Waals surface area contributed by atoms with Crippen molar-refractivity contribution in [1.29, 1.82) is 0 Å². The Hall–Kier alpha value is -1.79. The molecule has 116 valence electrons. The predicted octanol–water partition coefficient (Wildman–Crippen LogP) is 0.565. The van der Waals surface area contributed by atoms with E-state index in [1.807, 2.05) is 0 Å². The Morgan fingerprint density at radius 1 is 1.33 bits per heavy atom. The summed E-state index contributed by atoms with van der Waals surface area (Å²) in [6, 6.07) is 4.84. The molecule has 1 aliphatic rings. The lowest BCUT2D eigenvalue weighted by molar-refractivity contribution is 0.0903. The molecule has 3 unspecified atom stereocenters. The van der Waals surface area contributed by atoms with E-state index in [2.05, 4.69) is 5.32 Å². The van der Waals surface area contributed by atoms with Crippen LogP contribution in [0.25, 0.3) is 0 Å². The molecule has 0 bridgehead atoms. The Balaban J connectivity index is 2.07. The summed E-state index contributed by atoms with van der Waals surface area (Å²) in [5, 5.41) is 21.8. The summed E-state index contributed by atoms with van der Waals surface area (Å²) in [4.78, 5) is 12.3. The number of carbonyl (C=O) groups is 1. The largest absolute Gasteiger partial charge is 0.497 e. The van der Waals surface area contributed by atoms with E-state index < -0.39 is 6.10 Å². The molecular formula is C15H21NO5. The quantitative estimate of drug-likeness (QED) is 0.739. The number of methoxy groups -OCH3 is 2. The summed E-state index contributed by atoms with van der Waals surface area (Å²) in [6.07, 6.45) is 0.454. The van der Waals surface area contributed by atoms with E-state index in [0.717, 1.165) is 0 Å². The molecule has 1 amide bonds. The fraction of sp³-hybridized carbons (Fsp3) is 0.533. The van der Waals surface area contributed by atoms with Gasteiger partial charge in [-0.25, -0.2) is 0 Å². The van der Waals surface area contributed by atoms with Crippen LogP contribution in [-0.4, -0.2) is 49.1 Å². The maximum atomic E-state index is 12.3. The number of aliphatic hydroxyl groups excluding tert-OH is 2. The minimum absolute atomic E-state index is 0.0700. The monoisotopic (exact) mass is 295 g/mol. The van der Waals surface area contributed by atoms with Crippen LogP contribution < -0.4 is 14.8 Å². The number of rotatable bonds is 5. The fourth-order valence-electron chi connectivity index (χ4n) is 2.67. The molecule has 0 radical (unpaired) electrons. The lowest BCUT2D eigenvalue weighted by Crippen LogP contribution is -2.33. The molecule has 1 aromatic rings. The minimum Gasteiger partial charge on any atom is -0.497 e. The molecule has 1 fully saturated rings. The highest BCUT2D eigenvalue weighted by atomic mass is 16.5.